The first-order valence-electron chi connectivity index (χ1n) is 6.26. The van der Waals surface area contributed by atoms with Gasteiger partial charge >= 0.3 is 6.18 Å². The van der Waals surface area contributed by atoms with Crippen LogP contribution in [-0.2, 0) is 16.6 Å². The van der Waals surface area contributed by atoms with Crippen molar-refractivity contribution >= 4 is 15.7 Å². The smallest absolute Gasteiger partial charge is 0.276 e. The molecule has 0 radical (unpaired) electrons. The maximum atomic E-state index is 12.2. The van der Waals surface area contributed by atoms with Crippen LogP contribution in [0, 0.1) is 13.8 Å². The van der Waals surface area contributed by atoms with Crippen molar-refractivity contribution in [1.82, 2.24) is 9.78 Å². The van der Waals surface area contributed by atoms with Gasteiger partial charge in [-0.25, -0.2) is 8.42 Å². The lowest BCUT2D eigenvalue weighted by atomic mass is 10.1. The zero-order chi connectivity index (χ0) is 16.5. The molecule has 0 saturated heterocycles. The summed E-state index contributed by atoms with van der Waals surface area (Å²) >= 11 is 0. The van der Waals surface area contributed by atoms with Gasteiger partial charge in [0.15, 0.2) is 0 Å². The van der Waals surface area contributed by atoms with Crippen molar-refractivity contribution in [3.63, 3.8) is 0 Å². The Morgan fingerprint density at radius 1 is 1.23 bits per heavy atom. The Hall–Kier alpha value is -2.03. The van der Waals surface area contributed by atoms with E-state index in [1.807, 2.05) is 6.92 Å². The second-order valence-electron chi connectivity index (χ2n) is 4.89. The second-order valence-corrected chi connectivity index (χ2v) is 6.58. The largest absolute Gasteiger partial charge is 0.408 e. The number of halogens is 3. The number of nitrogens with zero attached hydrogens (tertiary/aromatic N) is 2. The number of anilines is 1. The fraction of sp³-hybridized carbons (Fsp3) is 0.308. The van der Waals surface area contributed by atoms with E-state index in [4.69, 9.17) is 0 Å². The summed E-state index contributed by atoms with van der Waals surface area (Å²) in [7, 11) is -3.87. The average molecular weight is 333 g/mol. The molecule has 22 heavy (non-hydrogen) atoms. The van der Waals surface area contributed by atoms with Crippen molar-refractivity contribution in [1.29, 1.82) is 0 Å². The van der Waals surface area contributed by atoms with Crippen LogP contribution in [0.2, 0.25) is 0 Å². The average Bonchev–Trinajstić information content (AvgIpc) is 2.76. The lowest BCUT2D eigenvalue weighted by Crippen LogP contribution is -2.18. The van der Waals surface area contributed by atoms with Gasteiger partial charge in [-0.1, -0.05) is 6.07 Å². The highest BCUT2D eigenvalue weighted by atomic mass is 32.2. The molecule has 0 unspecified atom stereocenters. The van der Waals surface area contributed by atoms with Gasteiger partial charge in [-0.3, -0.25) is 9.40 Å². The number of rotatable bonds is 4. The highest BCUT2D eigenvalue weighted by molar-refractivity contribution is 7.92. The Bertz CT molecular complexity index is 782. The van der Waals surface area contributed by atoms with Crippen molar-refractivity contribution < 1.29 is 21.6 Å². The number of benzene rings is 1. The maximum absolute atomic E-state index is 12.2. The molecule has 120 valence electrons. The number of alkyl halides is 3. The summed E-state index contributed by atoms with van der Waals surface area (Å²) in [6.07, 6.45) is -2.40. The van der Waals surface area contributed by atoms with E-state index in [2.05, 4.69) is 9.82 Å². The summed E-state index contributed by atoms with van der Waals surface area (Å²) in [5, 5.41) is 3.48. The molecule has 0 amide bonds. The van der Waals surface area contributed by atoms with Gasteiger partial charge in [-0.05, 0) is 37.1 Å². The highest BCUT2D eigenvalue weighted by Gasteiger charge is 2.28. The number of hydrogen-bond donors (Lipinski definition) is 1. The number of aromatic nitrogens is 2. The van der Waals surface area contributed by atoms with Crippen LogP contribution in [0.3, 0.4) is 0 Å². The summed E-state index contributed by atoms with van der Waals surface area (Å²) in [6, 6.07) is 4.60. The second kappa shape index (κ2) is 5.64. The van der Waals surface area contributed by atoms with E-state index in [1.165, 1.54) is 12.1 Å². The van der Waals surface area contributed by atoms with Crippen molar-refractivity contribution in [3.8, 4) is 0 Å². The first kappa shape index (κ1) is 16.3. The monoisotopic (exact) mass is 333 g/mol. The van der Waals surface area contributed by atoms with E-state index in [1.54, 1.807) is 13.0 Å². The molecule has 1 N–H and O–H groups in total. The Morgan fingerprint density at radius 3 is 2.50 bits per heavy atom. The molecule has 5 nitrogen and oxygen atoms in total. The van der Waals surface area contributed by atoms with Gasteiger partial charge < -0.3 is 0 Å². The van der Waals surface area contributed by atoms with E-state index >= 15 is 0 Å². The summed E-state index contributed by atoms with van der Waals surface area (Å²) in [5.41, 5.74) is 1.72. The van der Waals surface area contributed by atoms with Gasteiger partial charge in [-0.15, -0.1) is 0 Å². The van der Waals surface area contributed by atoms with Crippen LogP contribution in [0.4, 0.5) is 18.9 Å². The van der Waals surface area contributed by atoms with Crippen molar-refractivity contribution in [2.24, 2.45) is 0 Å². The predicted octanol–water partition coefficient (Wildman–Crippen LogP) is 2.86. The molecule has 2 aromatic rings. The molecule has 9 heteroatoms. The zero-order valence-corrected chi connectivity index (χ0v) is 12.7. The van der Waals surface area contributed by atoms with Crippen LogP contribution in [0.25, 0.3) is 0 Å². The first-order valence-corrected chi connectivity index (χ1v) is 7.74. The Kier molecular flexibility index (Phi) is 4.19. The van der Waals surface area contributed by atoms with E-state index in [0.29, 0.717) is 4.68 Å². The van der Waals surface area contributed by atoms with Crippen molar-refractivity contribution in [3.05, 3.63) is 41.7 Å². The van der Waals surface area contributed by atoms with Crippen LogP contribution in [-0.4, -0.2) is 24.4 Å². The summed E-state index contributed by atoms with van der Waals surface area (Å²) < 4.78 is 63.9. The summed E-state index contributed by atoms with van der Waals surface area (Å²) in [4.78, 5) is 0.0409. The molecule has 1 heterocycles. The summed E-state index contributed by atoms with van der Waals surface area (Å²) in [6.45, 7) is 2.34. The number of sulfonamides is 1. The zero-order valence-electron chi connectivity index (χ0n) is 11.8. The lowest BCUT2D eigenvalue weighted by Gasteiger charge is -2.08. The molecule has 0 saturated carbocycles. The number of nitrogens with one attached hydrogen (secondary N) is 1. The van der Waals surface area contributed by atoms with Gasteiger partial charge in [0.1, 0.15) is 6.54 Å². The molecule has 0 aliphatic rings. The minimum Gasteiger partial charge on any atom is -0.276 e. The van der Waals surface area contributed by atoms with Crippen LogP contribution in [0.15, 0.2) is 35.5 Å². The maximum Gasteiger partial charge on any atom is 0.408 e. The fourth-order valence-electron chi connectivity index (χ4n) is 1.78. The van der Waals surface area contributed by atoms with E-state index in [9.17, 15) is 21.6 Å². The Labute approximate surface area is 125 Å². The quantitative estimate of drug-likeness (QED) is 0.936. The molecular formula is C13H14F3N3O2S. The van der Waals surface area contributed by atoms with Gasteiger partial charge in [0.05, 0.1) is 16.8 Å². The molecule has 0 spiro atoms. The SMILES string of the molecule is Cc1ccc(S(=O)(=O)Nc2cnn(CC(F)(F)F)c2)cc1C. The van der Waals surface area contributed by atoms with E-state index in [-0.39, 0.29) is 10.6 Å². The highest BCUT2D eigenvalue weighted by Crippen LogP contribution is 2.20. The normalized spacial score (nSPS) is 12.4. The van der Waals surface area contributed by atoms with Crippen LogP contribution >= 0.6 is 0 Å². The van der Waals surface area contributed by atoms with Crippen molar-refractivity contribution in [2.45, 2.75) is 31.5 Å². The van der Waals surface area contributed by atoms with Gasteiger partial charge in [-0.2, -0.15) is 18.3 Å². The minimum absolute atomic E-state index is 0.0255. The Morgan fingerprint density at radius 2 is 1.91 bits per heavy atom. The molecule has 1 aromatic heterocycles. The standard InChI is InChI=1S/C13H14F3N3O2S/c1-9-3-4-12(5-10(9)2)22(20,21)18-11-6-17-19(7-11)8-13(14,15)16/h3-7,18H,8H2,1-2H3. The van der Waals surface area contributed by atoms with Gasteiger partial charge in [0.25, 0.3) is 10.0 Å². The Balaban J connectivity index is 2.20. The third kappa shape index (κ3) is 4.00. The molecular weight excluding hydrogens is 319 g/mol. The van der Waals surface area contributed by atoms with Crippen molar-refractivity contribution in [2.75, 3.05) is 4.72 Å². The van der Waals surface area contributed by atoms with Gasteiger partial charge in [0, 0.05) is 6.20 Å². The molecule has 0 aliphatic carbocycles. The molecule has 0 bridgehead atoms. The molecule has 2 rings (SSSR count). The number of hydrogen-bond acceptors (Lipinski definition) is 3. The van der Waals surface area contributed by atoms with Gasteiger partial charge in [0.2, 0.25) is 0 Å². The third-order valence-electron chi connectivity index (χ3n) is 3.02. The van der Waals surface area contributed by atoms with Crippen LogP contribution < -0.4 is 4.72 Å². The topological polar surface area (TPSA) is 64.0 Å². The fourth-order valence-corrected chi connectivity index (χ4v) is 2.89. The number of aryl methyl sites for hydroxylation is 2. The third-order valence-corrected chi connectivity index (χ3v) is 4.39. The minimum atomic E-state index is -4.42. The molecule has 0 fully saturated rings. The molecule has 0 atom stereocenters. The van der Waals surface area contributed by atoms with E-state index in [0.717, 1.165) is 23.5 Å². The predicted molar refractivity (Wildman–Crippen MR) is 75.0 cm³/mol. The molecule has 0 aliphatic heterocycles. The lowest BCUT2D eigenvalue weighted by molar-refractivity contribution is -0.142. The summed E-state index contributed by atoms with van der Waals surface area (Å²) in [5.74, 6) is 0. The van der Waals surface area contributed by atoms with Crippen LogP contribution in [0.5, 0.6) is 0 Å². The first-order chi connectivity index (χ1) is 10.1. The molecule has 1 aromatic carbocycles. The van der Waals surface area contributed by atoms with Crippen LogP contribution in [0.1, 0.15) is 11.1 Å². The van der Waals surface area contributed by atoms with E-state index < -0.39 is 22.7 Å².